The van der Waals surface area contributed by atoms with Crippen molar-refractivity contribution in [2.45, 2.75) is 40.5 Å². The Morgan fingerprint density at radius 1 is 1.19 bits per heavy atom. The second kappa shape index (κ2) is 5.67. The van der Waals surface area contributed by atoms with Gasteiger partial charge in [-0.1, -0.05) is 38.0 Å². The van der Waals surface area contributed by atoms with E-state index in [1.807, 2.05) is 0 Å². The average Bonchev–Trinajstić information content (AvgIpc) is 2.24. The first-order valence-electron chi connectivity index (χ1n) is 6.56. The summed E-state index contributed by atoms with van der Waals surface area (Å²) in [5, 5.41) is 0. The van der Waals surface area contributed by atoms with Crippen LogP contribution in [0.2, 0.25) is 0 Å². The van der Waals surface area contributed by atoms with Crippen LogP contribution in [0.5, 0.6) is 0 Å². The van der Waals surface area contributed by atoms with Crippen LogP contribution in [-0.4, -0.2) is 25.5 Å². The maximum Gasteiger partial charge on any atom is 0.00467 e. The summed E-state index contributed by atoms with van der Waals surface area (Å²) in [4.78, 5) is 2.32. The van der Waals surface area contributed by atoms with Gasteiger partial charge in [0.05, 0.1) is 0 Å². The minimum absolute atomic E-state index is 0.711. The lowest BCUT2D eigenvalue weighted by Gasteiger charge is -2.34. The molecule has 0 aromatic rings. The minimum Gasteiger partial charge on any atom is -0.309 e. The zero-order valence-electron chi connectivity index (χ0n) is 11.8. The van der Waals surface area contributed by atoms with Crippen LogP contribution in [0.15, 0.2) is 22.8 Å². The lowest BCUT2D eigenvalue weighted by molar-refractivity contribution is 0.302. The first-order chi connectivity index (χ1) is 7.51. The van der Waals surface area contributed by atoms with Crippen LogP contribution in [0.1, 0.15) is 40.5 Å². The van der Waals surface area contributed by atoms with Crippen LogP contribution < -0.4 is 0 Å². The summed E-state index contributed by atoms with van der Waals surface area (Å²) < 4.78 is 0. The highest BCUT2D eigenvalue weighted by Crippen LogP contribution is 2.37. The van der Waals surface area contributed by atoms with Crippen LogP contribution in [0, 0.1) is 11.8 Å². The minimum atomic E-state index is 0.711. The highest BCUT2D eigenvalue weighted by atomic mass is 15.1. The molecule has 0 radical (unpaired) electrons. The Morgan fingerprint density at radius 3 is 2.25 bits per heavy atom. The fourth-order valence-corrected chi connectivity index (χ4v) is 2.83. The highest BCUT2D eigenvalue weighted by Gasteiger charge is 2.27. The van der Waals surface area contributed by atoms with Crippen molar-refractivity contribution >= 4 is 0 Å². The van der Waals surface area contributed by atoms with Crippen molar-refractivity contribution < 1.29 is 0 Å². The van der Waals surface area contributed by atoms with E-state index in [2.05, 4.69) is 52.8 Å². The fraction of sp³-hybridized carbons (Fsp3) is 0.733. The van der Waals surface area contributed by atoms with Crippen molar-refractivity contribution in [1.82, 2.24) is 4.90 Å². The second-order valence-electron chi connectivity index (χ2n) is 5.29. The Hall–Kier alpha value is -0.560. The van der Waals surface area contributed by atoms with Gasteiger partial charge in [0, 0.05) is 6.54 Å². The van der Waals surface area contributed by atoms with E-state index >= 15 is 0 Å². The van der Waals surface area contributed by atoms with Crippen LogP contribution in [0.4, 0.5) is 0 Å². The van der Waals surface area contributed by atoms with Crippen LogP contribution in [0.3, 0.4) is 0 Å². The predicted octanol–water partition coefficient (Wildman–Crippen LogP) is 3.88. The molecule has 1 rings (SSSR count). The quantitative estimate of drug-likeness (QED) is 0.696. The first-order valence-corrected chi connectivity index (χ1v) is 6.56. The Morgan fingerprint density at radius 2 is 1.81 bits per heavy atom. The molecule has 0 saturated heterocycles. The van der Waals surface area contributed by atoms with E-state index in [0.29, 0.717) is 11.8 Å². The van der Waals surface area contributed by atoms with E-state index in [9.17, 15) is 0 Å². The fourth-order valence-electron chi connectivity index (χ4n) is 2.83. The molecule has 1 heteroatoms. The molecule has 1 aliphatic carbocycles. The van der Waals surface area contributed by atoms with E-state index in [-0.39, 0.29) is 0 Å². The first kappa shape index (κ1) is 13.5. The molecule has 1 aliphatic rings. The monoisotopic (exact) mass is 221 g/mol. The average molecular weight is 221 g/mol. The standard InChI is InChI=1S/C15H27N/c1-7-13-9-14(8-2)12(4)15(11(13)3)10-16(5)6/h9,11,15H,7-8,10H2,1-6H3. The van der Waals surface area contributed by atoms with Crippen LogP contribution in [0.25, 0.3) is 0 Å². The molecule has 0 fully saturated rings. The lowest BCUT2D eigenvalue weighted by Crippen LogP contribution is -2.30. The molecular formula is C15H27N. The molecule has 1 nitrogen and oxygen atoms in total. The summed E-state index contributed by atoms with van der Waals surface area (Å²) in [5.74, 6) is 1.42. The number of nitrogens with zero attached hydrogens (tertiary/aromatic N) is 1. The zero-order chi connectivity index (χ0) is 12.3. The highest BCUT2D eigenvalue weighted by molar-refractivity contribution is 5.36. The molecule has 2 atom stereocenters. The third kappa shape index (κ3) is 2.76. The van der Waals surface area contributed by atoms with Gasteiger partial charge in [-0.3, -0.25) is 0 Å². The van der Waals surface area contributed by atoms with Gasteiger partial charge in [0.15, 0.2) is 0 Å². The number of hydrogen-bond donors (Lipinski definition) is 0. The van der Waals surface area contributed by atoms with Crippen molar-refractivity contribution in [1.29, 1.82) is 0 Å². The zero-order valence-corrected chi connectivity index (χ0v) is 11.8. The van der Waals surface area contributed by atoms with E-state index < -0.39 is 0 Å². The summed E-state index contributed by atoms with van der Waals surface area (Å²) >= 11 is 0. The summed E-state index contributed by atoms with van der Waals surface area (Å²) in [6, 6.07) is 0. The van der Waals surface area contributed by atoms with Crippen molar-refractivity contribution in [2.75, 3.05) is 20.6 Å². The lowest BCUT2D eigenvalue weighted by atomic mass is 9.74. The van der Waals surface area contributed by atoms with E-state index in [1.165, 1.54) is 19.4 Å². The molecule has 0 aromatic heterocycles. The Bertz CT molecular complexity index is 297. The summed E-state index contributed by atoms with van der Waals surface area (Å²) in [6.45, 7) is 10.4. The summed E-state index contributed by atoms with van der Waals surface area (Å²) in [7, 11) is 4.35. The van der Waals surface area contributed by atoms with Gasteiger partial charge in [0.1, 0.15) is 0 Å². The van der Waals surface area contributed by atoms with E-state index in [1.54, 1.807) is 16.7 Å². The maximum atomic E-state index is 2.45. The molecule has 0 spiro atoms. The second-order valence-corrected chi connectivity index (χ2v) is 5.29. The molecular weight excluding hydrogens is 194 g/mol. The van der Waals surface area contributed by atoms with Gasteiger partial charge < -0.3 is 4.90 Å². The third-order valence-electron chi connectivity index (χ3n) is 3.96. The Kier molecular flexibility index (Phi) is 4.79. The van der Waals surface area contributed by atoms with Gasteiger partial charge in [-0.2, -0.15) is 0 Å². The Balaban J connectivity index is 3.00. The number of hydrogen-bond acceptors (Lipinski definition) is 1. The SMILES string of the molecule is CCC1=CC(CC)=C(C)C(CN(C)C)C1C. The summed E-state index contributed by atoms with van der Waals surface area (Å²) in [6.07, 6.45) is 4.82. The van der Waals surface area contributed by atoms with Crippen molar-refractivity contribution in [3.63, 3.8) is 0 Å². The third-order valence-corrected chi connectivity index (χ3v) is 3.96. The molecule has 0 saturated carbocycles. The largest absolute Gasteiger partial charge is 0.309 e. The van der Waals surface area contributed by atoms with Crippen molar-refractivity contribution in [3.05, 3.63) is 22.8 Å². The molecule has 0 heterocycles. The Labute approximate surface area is 101 Å². The van der Waals surface area contributed by atoms with Gasteiger partial charge in [-0.25, -0.2) is 0 Å². The summed E-state index contributed by atoms with van der Waals surface area (Å²) in [5.41, 5.74) is 4.82. The number of allylic oxidation sites excluding steroid dienone is 3. The normalized spacial score (nSPS) is 26.3. The van der Waals surface area contributed by atoms with E-state index in [4.69, 9.17) is 0 Å². The molecule has 0 N–H and O–H groups in total. The van der Waals surface area contributed by atoms with Gasteiger partial charge in [0.2, 0.25) is 0 Å². The van der Waals surface area contributed by atoms with Crippen molar-refractivity contribution in [3.8, 4) is 0 Å². The van der Waals surface area contributed by atoms with E-state index in [0.717, 1.165) is 0 Å². The molecule has 0 aromatic carbocycles. The topological polar surface area (TPSA) is 3.24 Å². The maximum absolute atomic E-state index is 2.45. The molecule has 0 bridgehead atoms. The molecule has 0 aliphatic heterocycles. The molecule has 16 heavy (non-hydrogen) atoms. The van der Waals surface area contributed by atoms with Gasteiger partial charge in [-0.15, -0.1) is 0 Å². The smallest absolute Gasteiger partial charge is 0.00467 e. The predicted molar refractivity (Wildman–Crippen MR) is 72.6 cm³/mol. The van der Waals surface area contributed by atoms with Crippen LogP contribution in [-0.2, 0) is 0 Å². The van der Waals surface area contributed by atoms with Gasteiger partial charge in [0.25, 0.3) is 0 Å². The van der Waals surface area contributed by atoms with Crippen LogP contribution >= 0.6 is 0 Å². The number of rotatable bonds is 4. The van der Waals surface area contributed by atoms with Gasteiger partial charge >= 0.3 is 0 Å². The molecule has 92 valence electrons. The van der Waals surface area contributed by atoms with Crippen molar-refractivity contribution in [2.24, 2.45) is 11.8 Å². The van der Waals surface area contributed by atoms with Gasteiger partial charge in [-0.05, 0) is 51.3 Å². The molecule has 0 amide bonds. The molecule has 2 unspecified atom stereocenters.